The van der Waals surface area contributed by atoms with Crippen LogP contribution in [0.15, 0.2) is 0 Å². The molecule has 0 spiro atoms. The maximum atomic E-state index is 12.0. The number of hydrogen-bond donors (Lipinski definition) is 0. The Morgan fingerprint density at radius 1 is 1.29 bits per heavy atom. The summed E-state index contributed by atoms with van der Waals surface area (Å²) < 4.78 is 11.5. The summed E-state index contributed by atoms with van der Waals surface area (Å²) in [6.07, 6.45) is 2.66. The highest BCUT2D eigenvalue weighted by Gasteiger charge is 2.34. The van der Waals surface area contributed by atoms with Gasteiger partial charge in [-0.05, 0) is 58.5 Å². The predicted octanol–water partition coefficient (Wildman–Crippen LogP) is 3.94. The number of rotatable bonds is 6. The van der Waals surface area contributed by atoms with Gasteiger partial charge >= 0.3 is 6.09 Å². The molecule has 4 nitrogen and oxygen atoms in total. The quantitative estimate of drug-likeness (QED) is 0.696. The standard InChI is InChI=1S/C16H31NO3S/c1-6-21-13-7-12-19-16(5)8-10-17(11-9-16)14(18)20-15(2,3)4/h6-13H2,1-5H3. The number of amides is 1. The summed E-state index contributed by atoms with van der Waals surface area (Å²) in [7, 11) is 0. The molecule has 0 aromatic carbocycles. The van der Waals surface area contributed by atoms with Crippen LogP contribution in [-0.2, 0) is 9.47 Å². The highest BCUT2D eigenvalue weighted by atomic mass is 32.2. The van der Waals surface area contributed by atoms with Crippen LogP contribution in [-0.4, -0.2) is 53.4 Å². The Kier molecular flexibility index (Phi) is 7.34. The second-order valence-electron chi connectivity index (χ2n) is 6.82. The topological polar surface area (TPSA) is 38.8 Å². The van der Waals surface area contributed by atoms with Gasteiger partial charge in [-0.15, -0.1) is 0 Å². The second kappa shape index (κ2) is 8.28. The fourth-order valence-electron chi connectivity index (χ4n) is 2.26. The third-order valence-corrected chi connectivity index (χ3v) is 4.55. The Morgan fingerprint density at radius 3 is 2.43 bits per heavy atom. The maximum absolute atomic E-state index is 12.0. The van der Waals surface area contributed by atoms with Crippen molar-refractivity contribution in [3.05, 3.63) is 0 Å². The smallest absolute Gasteiger partial charge is 0.410 e. The van der Waals surface area contributed by atoms with Crippen LogP contribution in [0.2, 0.25) is 0 Å². The number of piperidine rings is 1. The molecule has 1 rings (SSSR count). The third-order valence-electron chi connectivity index (χ3n) is 3.56. The van der Waals surface area contributed by atoms with Crippen LogP contribution in [0.1, 0.15) is 53.9 Å². The highest BCUT2D eigenvalue weighted by molar-refractivity contribution is 7.99. The largest absolute Gasteiger partial charge is 0.444 e. The molecule has 21 heavy (non-hydrogen) atoms. The molecule has 5 heteroatoms. The van der Waals surface area contributed by atoms with Gasteiger partial charge in [-0.3, -0.25) is 0 Å². The number of likely N-dealkylation sites (tertiary alicyclic amines) is 1. The number of carbonyl (C=O) groups is 1. The van der Waals surface area contributed by atoms with Gasteiger partial charge in [-0.2, -0.15) is 11.8 Å². The number of thioether (sulfide) groups is 1. The highest BCUT2D eigenvalue weighted by Crippen LogP contribution is 2.27. The van der Waals surface area contributed by atoms with Crippen LogP contribution in [0, 0.1) is 0 Å². The average Bonchev–Trinajstić information content (AvgIpc) is 2.37. The predicted molar refractivity (Wildman–Crippen MR) is 89.0 cm³/mol. The van der Waals surface area contributed by atoms with Crippen molar-refractivity contribution in [3.8, 4) is 0 Å². The fourth-order valence-corrected chi connectivity index (χ4v) is 2.87. The SMILES string of the molecule is CCSCCCOC1(C)CCN(C(=O)OC(C)(C)C)CC1. The van der Waals surface area contributed by atoms with Crippen molar-refractivity contribution in [2.24, 2.45) is 0 Å². The molecule has 0 saturated carbocycles. The van der Waals surface area contributed by atoms with E-state index < -0.39 is 5.60 Å². The molecule has 1 saturated heterocycles. The first-order valence-corrected chi connectivity index (χ1v) is 9.11. The van der Waals surface area contributed by atoms with Crippen LogP contribution in [0.5, 0.6) is 0 Å². The molecule has 0 atom stereocenters. The summed E-state index contributed by atoms with van der Waals surface area (Å²) >= 11 is 1.95. The lowest BCUT2D eigenvalue weighted by atomic mass is 9.93. The Hall–Kier alpha value is -0.420. The molecule has 0 aromatic heterocycles. The first-order chi connectivity index (χ1) is 9.76. The van der Waals surface area contributed by atoms with Crippen molar-refractivity contribution in [3.63, 3.8) is 0 Å². The summed E-state index contributed by atoms with van der Waals surface area (Å²) in [6.45, 7) is 12.3. The lowest BCUT2D eigenvalue weighted by molar-refractivity contribution is -0.0719. The van der Waals surface area contributed by atoms with Gasteiger partial charge in [-0.1, -0.05) is 6.92 Å². The lowest BCUT2D eigenvalue weighted by Crippen LogP contribution is -2.48. The van der Waals surface area contributed by atoms with Gasteiger partial charge in [0, 0.05) is 19.7 Å². The van der Waals surface area contributed by atoms with Crippen LogP contribution in [0.25, 0.3) is 0 Å². The molecule has 1 heterocycles. The normalized spacial score (nSPS) is 18.6. The first kappa shape index (κ1) is 18.6. The molecule has 0 aromatic rings. The maximum Gasteiger partial charge on any atom is 0.410 e. The van der Waals surface area contributed by atoms with Gasteiger partial charge in [0.25, 0.3) is 0 Å². The van der Waals surface area contributed by atoms with Crippen molar-refractivity contribution in [1.82, 2.24) is 4.90 Å². The van der Waals surface area contributed by atoms with Gasteiger partial charge in [-0.25, -0.2) is 4.79 Å². The van der Waals surface area contributed by atoms with E-state index in [0.717, 1.165) is 44.7 Å². The van der Waals surface area contributed by atoms with Crippen LogP contribution >= 0.6 is 11.8 Å². The number of nitrogens with zero attached hydrogens (tertiary/aromatic N) is 1. The van der Waals surface area contributed by atoms with E-state index in [1.807, 2.05) is 32.5 Å². The summed E-state index contributed by atoms with van der Waals surface area (Å²) in [5.41, 5.74) is -0.513. The number of carbonyl (C=O) groups excluding carboxylic acids is 1. The monoisotopic (exact) mass is 317 g/mol. The summed E-state index contributed by atoms with van der Waals surface area (Å²) in [5, 5.41) is 0. The zero-order valence-corrected chi connectivity index (χ0v) is 15.1. The summed E-state index contributed by atoms with van der Waals surface area (Å²) in [6, 6.07) is 0. The van der Waals surface area contributed by atoms with Gasteiger partial charge in [0.15, 0.2) is 0 Å². The molecule has 124 valence electrons. The molecule has 0 unspecified atom stereocenters. The van der Waals surface area contributed by atoms with E-state index in [2.05, 4.69) is 13.8 Å². The Bertz CT molecular complexity index is 320. The molecular weight excluding hydrogens is 286 g/mol. The molecule has 1 aliphatic heterocycles. The Morgan fingerprint density at radius 2 is 1.90 bits per heavy atom. The van der Waals surface area contributed by atoms with Gasteiger partial charge < -0.3 is 14.4 Å². The molecule has 1 fully saturated rings. The molecule has 1 amide bonds. The minimum absolute atomic E-state index is 0.0879. The molecule has 1 aliphatic rings. The molecule has 0 bridgehead atoms. The van der Waals surface area contributed by atoms with E-state index in [4.69, 9.17) is 9.47 Å². The molecular formula is C16H31NO3S. The van der Waals surface area contributed by atoms with Crippen molar-refractivity contribution in [2.75, 3.05) is 31.2 Å². The van der Waals surface area contributed by atoms with Crippen molar-refractivity contribution in [2.45, 2.75) is 65.1 Å². The summed E-state index contributed by atoms with van der Waals surface area (Å²) in [5.74, 6) is 2.33. The van der Waals surface area contributed by atoms with E-state index >= 15 is 0 Å². The van der Waals surface area contributed by atoms with Crippen molar-refractivity contribution in [1.29, 1.82) is 0 Å². The average molecular weight is 317 g/mol. The van der Waals surface area contributed by atoms with Gasteiger partial charge in [0.2, 0.25) is 0 Å². The Balaban J connectivity index is 2.28. The van der Waals surface area contributed by atoms with Crippen LogP contribution in [0.4, 0.5) is 4.79 Å². The van der Waals surface area contributed by atoms with Crippen molar-refractivity contribution < 1.29 is 14.3 Å². The van der Waals surface area contributed by atoms with E-state index in [1.165, 1.54) is 5.75 Å². The molecule has 0 radical (unpaired) electrons. The lowest BCUT2D eigenvalue weighted by Gasteiger charge is -2.39. The Labute approximate surface area is 133 Å². The zero-order chi connectivity index (χ0) is 15.9. The molecule has 0 N–H and O–H groups in total. The van der Waals surface area contributed by atoms with E-state index in [0.29, 0.717) is 0 Å². The van der Waals surface area contributed by atoms with Crippen LogP contribution < -0.4 is 0 Å². The number of ether oxygens (including phenoxy) is 2. The third kappa shape index (κ3) is 7.41. The van der Waals surface area contributed by atoms with Gasteiger partial charge in [0.05, 0.1) is 5.60 Å². The van der Waals surface area contributed by atoms with E-state index in [1.54, 1.807) is 4.90 Å². The zero-order valence-electron chi connectivity index (χ0n) is 14.2. The van der Waals surface area contributed by atoms with Crippen molar-refractivity contribution >= 4 is 17.9 Å². The van der Waals surface area contributed by atoms with Gasteiger partial charge in [0.1, 0.15) is 5.60 Å². The number of hydrogen-bond acceptors (Lipinski definition) is 4. The van der Waals surface area contributed by atoms with E-state index in [9.17, 15) is 4.79 Å². The fraction of sp³-hybridized carbons (Fsp3) is 0.938. The minimum Gasteiger partial charge on any atom is -0.444 e. The summed E-state index contributed by atoms with van der Waals surface area (Å²) in [4.78, 5) is 13.8. The van der Waals surface area contributed by atoms with E-state index in [-0.39, 0.29) is 11.7 Å². The minimum atomic E-state index is -0.425. The van der Waals surface area contributed by atoms with Crippen LogP contribution in [0.3, 0.4) is 0 Å². The molecule has 0 aliphatic carbocycles. The first-order valence-electron chi connectivity index (χ1n) is 7.95. The second-order valence-corrected chi connectivity index (χ2v) is 8.21.